The van der Waals surface area contributed by atoms with Crippen molar-refractivity contribution in [1.29, 1.82) is 0 Å². The summed E-state index contributed by atoms with van der Waals surface area (Å²) in [6, 6.07) is 7.21. The Hall–Kier alpha value is -2.98. The summed E-state index contributed by atoms with van der Waals surface area (Å²) in [5.41, 5.74) is 0.762. The molecule has 0 aliphatic heterocycles. The molecule has 31 heavy (non-hydrogen) atoms. The van der Waals surface area contributed by atoms with E-state index in [9.17, 15) is 19.1 Å². The highest BCUT2D eigenvalue weighted by Crippen LogP contribution is 2.25. The van der Waals surface area contributed by atoms with Gasteiger partial charge in [0.05, 0.1) is 33.6 Å². The molecule has 10 heteroatoms. The zero-order valence-electron chi connectivity index (χ0n) is 17.7. The number of carbonyl (C=O) groups excluding carboxylic acids is 1. The van der Waals surface area contributed by atoms with Gasteiger partial charge < -0.3 is 26.0 Å². The number of benzene rings is 1. The Morgan fingerprint density at radius 3 is 2.74 bits per heavy atom. The third-order valence-corrected chi connectivity index (χ3v) is 5.34. The van der Waals surface area contributed by atoms with Crippen LogP contribution in [0.2, 0.25) is 0 Å². The molecule has 0 aliphatic rings. The van der Waals surface area contributed by atoms with Gasteiger partial charge in [-0.05, 0) is 45.9 Å². The number of hydrogen-bond acceptors (Lipinski definition) is 7. The van der Waals surface area contributed by atoms with Crippen LogP contribution in [0.25, 0.3) is 10.2 Å². The van der Waals surface area contributed by atoms with Gasteiger partial charge in [-0.1, -0.05) is 11.3 Å². The number of aliphatic hydroxyl groups is 1. The highest BCUT2D eigenvalue weighted by molar-refractivity contribution is 7.16. The fraction of sp³-hybridized carbons (Fsp3) is 0.381. The summed E-state index contributed by atoms with van der Waals surface area (Å²) in [6.07, 6.45) is -0.196. The number of amides is 1. The highest BCUT2D eigenvalue weighted by Gasteiger charge is 2.27. The molecule has 0 fully saturated rings. The quantitative estimate of drug-likeness (QED) is 0.361. The number of carbonyl (C=O) groups is 1. The largest absolute Gasteiger partial charge is 0.387 e. The number of fused-ring (bicyclic) bond motifs is 1. The van der Waals surface area contributed by atoms with Crippen molar-refractivity contribution in [3.8, 4) is 0 Å². The number of thiazole rings is 1. The van der Waals surface area contributed by atoms with Gasteiger partial charge in [0.2, 0.25) is 0 Å². The van der Waals surface area contributed by atoms with Crippen LogP contribution in [-0.2, 0) is 0 Å². The number of alkyl halides is 1. The Kier molecular flexibility index (Phi) is 6.61. The molecule has 1 atom stereocenters. The van der Waals surface area contributed by atoms with E-state index in [2.05, 4.69) is 25.9 Å². The zero-order chi connectivity index (χ0) is 22.8. The second-order valence-electron chi connectivity index (χ2n) is 8.10. The molecule has 166 valence electrons. The van der Waals surface area contributed by atoms with E-state index in [-0.39, 0.29) is 23.0 Å². The van der Waals surface area contributed by atoms with Crippen LogP contribution in [0.3, 0.4) is 0 Å². The van der Waals surface area contributed by atoms with E-state index in [1.807, 2.05) is 26.0 Å². The number of aromatic amines is 1. The first-order valence-corrected chi connectivity index (χ1v) is 10.7. The molecule has 0 aliphatic carbocycles. The van der Waals surface area contributed by atoms with Crippen molar-refractivity contribution in [2.75, 3.05) is 17.2 Å². The van der Waals surface area contributed by atoms with Gasteiger partial charge in [0.15, 0.2) is 0 Å². The van der Waals surface area contributed by atoms with Crippen molar-refractivity contribution in [2.45, 2.75) is 45.5 Å². The molecule has 0 radical (unpaired) electrons. The smallest absolute Gasteiger partial charge is 0.305 e. The highest BCUT2D eigenvalue weighted by atomic mass is 32.1. The lowest BCUT2D eigenvalue weighted by Crippen LogP contribution is -2.42. The van der Waals surface area contributed by atoms with Crippen molar-refractivity contribution < 1.29 is 14.3 Å². The Labute approximate surface area is 182 Å². The van der Waals surface area contributed by atoms with Crippen molar-refractivity contribution in [1.82, 2.24) is 15.3 Å². The van der Waals surface area contributed by atoms with Gasteiger partial charge in [0.1, 0.15) is 12.0 Å². The molecule has 3 aromatic rings. The fourth-order valence-electron chi connectivity index (χ4n) is 2.83. The van der Waals surface area contributed by atoms with Gasteiger partial charge in [0, 0.05) is 24.0 Å². The molecule has 0 unspecified atom stereocenters. The minimum atomic E-state index is -1.61. The van der Waals surface area contributed by atoms with Crippen molar-refractivity contribution in [3.63, 3.8) is 0 Å². The van der Waals surface area contributed by atoms with Crippen LogP contribution in [0.4, 0.5) is 21.6 Å². The number of pyridine rings is 1. The summed E-state index contributed by atoms with van der Waals surface area (Å²) in [4.78, 5) is 31.0. The molecule has 3 rings (SSSR count). The third-order valence-electron chi connectivity index (χ3n) is 4.49. The van der Waals surface area contributed by atoms with E-state index < -0.39 is 17.7 Å². The third kappa shape index (κ3) is 5.80. The minimum Gasteiger partial charge on any atom is -0.387 e. The van der Waals surface area contributed by atoms with Gasteiger partial charge in [-0.2, -0.15) is 0 Å². The average Bonchev–Trinajstić information content (AvgIpc) is 3.04. The molecule has 0 bridgehead atoms. The lowest BCUT2D eigenvalue weighted by Gasteiger charge is -2.23. The second kappa shape index (κ2) is 9.03. The molecule has 2 heterocycles. The lowest BCUT2D eigenvalue weighted by atomic mass is 10.0. The molecule has 1 aromatic carbocycles. The van der Waals surface area contributed by atoms with Gasteiger partial charge in [-0.15, -0.1) is 0 Å². The van der Waals surface area contributed by atoms with Gasteiger partial charge in [0.25, 0.3) is 5.91 Å². The summed E-state index contributed by atoms with van der Waals surface area (Å²) >= 11 is 1.12. The number of aromatic nitrogens is 2. The topological polar surface area (TPSA) is 119 Å². The van der Waals surface area contributed by atoms with Crippen molar-refractivity contribution in [3.05, 3.63) is 45.7 Å². The van der Waals surface area contributed by atoms with E-state index in [1.165, 1.54) is 20.0 Å². The zero-order valence-corrected chi connectivity index (χ0v) is 18.6. The maximum absolute atomic E-state index is 14.0. The van der Waals surface area contributed by atoms with E-state index >= 15 is 0 Å². The van der Waals surface area contributed by atoms with Crippen LogP contribution in [-0.4, -0.2) is 45.3 Å². The first-order chi connectivity index (χ1) is 14.5. The molecular weight excluding hydrogens is 421 g/mol. The van der Waals surface area contributed by atoms with Crippen molar-refractivity contribution >= 4 is 44.7 Å². The van der Waals surface area contributed by atoms with Crippen molar-refractivity contribution in [2.24, 2.45) is 0 Å². The molecule has 8 nitrogen and oxygen atoms in total. The molecule has 1 amide bonds. The standard InChI is InChI=1S/C21H26FN5O3S/c1-11(2)25-15-8-18(26-12-5-6-14-16(7-12)31-20(29)27-14)23-9-13(15)19(28)24-10-17(22)21(3,4)30/h5-9,11,17,30H,10H2,1-4H3,(H,24,28)(H,27,29)(H2,23,25,26)/t17-/m1/s1. The first-order valence-electron chi connectivity index (χ1n) is 9.84. The Morgan fingerprint density at radius 2 is 2.06 bits per heavy atom. The monoisotopic (exact) mass is 447 g/mol. The number of hydrogen-bond donors (Lipinski definition) is 5. The molecule has 0 saturated carbocycles. The lowest BCUT2D eigenvalue weighted by molar-refractivity contribution is -0.00177. The Balaban J connectivity index is 1.81. The average molecular weight is 448 g/mol. The molecule has 2 aromatic heterocycles. The molecule has 0 spiro atoms. The maximum atomic E-state index is 14.0. The summed E-state index contributed by atoms with van der Waals surface area (Å²) < 4.78 is 14.8. The normalized spacial score (nSPS) is 12.7. The molecule has 5 N–H and O–H groups in total. The number of rotatable bonds is 8. The van der Waals surface area contributed by atoms with Crippen LogP contribution in [0.15, 0.2) is 35.3 Å². The van der Waals surface area contributed by atoms with Crippen LogP contribution < -0.4 is 20.8 Å². The van der Waals surface area contributed by atoms with Gasteiger partial charge in [-0.25, -0.2) is 9.37 Å². The summed E-state index contributed by atoms with van der Waals surface area (Å²) in [5.74, 6) is 0.00871. The summed E-state index contributed by atoms with van der Waals surface area (Å²) in [6.45, 7) is 6.25. The number of nitrogens with zero attached hydrogens (tertiary/aromatic N) is 1. The predicted molar refractivity (Wildman–Crippen MR) is 122 cm³/mol. The van der Waals surface area contributed by atoms with Gasteiger partial charge >= 0.3 is 4.87 Å². The van der Waals surface area contributed by atoms with Gasteiger partial charge in [-0.3, -0.25) is 9.59 Å². The minimum absolute atomic E-state index is 0.0422. The van der Waals surface area contributed by atoms with Crippen LogP contribution in [0.1, 0.15) is 38.1 Å². The predicted octanol–water partition coefficient (Wildman–Crippen LogP) is 3.39. The van der Waals surface area contributed by atoms with Crippen LogP contribution in [0.5, 0.6) is 0 Å². The van der Waals surface area contributed by atoms with E-state index in [4.69, 9.17) is 0 Å². The Morgan fingerprint density at radius 1 is 1.32 bits per heavy atom. The molecule has 0 saturated heterocycles. The van der Waals surface area contributed by atoms with E-state index in [0.717, 1.165) is 27.2 Å². The van der Waals surface area contributed by atoms with E-state index in [1.54, 1.807) is 12.1 Å². The summed E-state index contributed by atoms with van der Waals surface area (Å²) in [5, 5.41) is 18.6. The number of halogens is 1. The number of nitrogens with one attached hydrogen (secondary N) is 4. The number of anilines is 3. The molecular formula is C21H26FN5O3S. The number of H-pyrrole nitrogens is 1. The fourth-order valence-corrected chi connectivity index (χ4v) is 3.61. The van der Waals surface area contributed by atoms with E-state index in [0.29, 0.717) is 11.5 Å². The maximum Gasteiger partial charge on any atom is 0.305 e. The first kappa shape index (κ1) is 22.7. The van der Waals surface area contributed by atoms with Crippen LogP contribution >= 0.6 is 11.3 Å². The Bertz CT molecular complexity index is 1140. The van der Waals surface area contributed by atoms with Crippen LogP contribution in [0, 0.1) is 0 Å². The second-order valence-corrected chi connectivity index (χ2v) is 9.11. The summed E-state index contributed by atoms with van der Waals surface area (Å²) in [7, 11) is 0. The SMILES string of the molecule is CC(C)Nc1cc(Nc2ccc3[nH]c(=O)sc3c2)ncc1C(=O)NC[C@@H](F)C(C)(C)O.